The van der Waals surface area contributed by atoms with Crippen LogP contribution in [0.4, 0.5) is 5.69 Å². The molecule has 1 heterocycles. The van der Waals surface area contributed by atoms with E-state index in [0.29, 0.717) is 34.5 Å². The molecule has 4 rings (SSSR count). The number of nitro benzene ring substituents is 1. The third-order valence-corrected chi connectivity index (χ3v) is 6.26. The third kappa shape index (κ3) is 4.75. The highest BCUT2D eigenvalue weighted by molar-refractivity contribution is 8.18. The Morgan fingerprint density at radius 1 is 1.12 bits per heavy atom. The van der Waals surface area contributed by atoms with Crippen LogP contribution < -0.4 is 4.74 Å². The van der Waals surface area contributed by atoms with Gasteiger partial charge in [0.15, 0.2) is 5.17 Å². The highest BCUT2D eigenvalue weighted by Crippen LogP contribution is 2.37. The molecule has 0 radical (unpaired) electrons. The number of amides is 1. The van der Waals surface area contributed by atoms with Crippen molar-refractivity contribution in [2.45, 2.75) is 20.5 Å². The number of amidine groups is 1. The number of ether oxygens (including phenoxy) is 1. The molecule has 33 heavy (non-hydrogen) atoms. The minimum Gasteiger partial charge on any atom is -0.488 e. The molecule has 1 saturated heterocycles. The van der Waals surface area contributed by atoms with E-state index in [9.17, 15) is 14.9 Å². The molecule has 1 amide bonds. The molecule has 8 heteroatoms. The van der Waals surface area contributed by atoms with E-state index >= 15 is 0 Å². The molecule has 0 spiro atoms. The van der Waals surface area contributed by atoms with Crippen LogP contribution in [0.25, 0.3) is 16.8 Å². The molecule has 0 unspecified atom stereocenters. The molecular formula is C25H23N3O4S. The number of rotatable bonds is 7. The standard InChI is InChI=1S/C25H23N3O4S/c1-3-26-25-27(4-2)24(29)23(33-25)15-21-20-11-6-5-9-18(20)12-13-22(21)32-16-17-8-7-10-19(14-17)28(30)31/h5-15H,3-4,16H2,1-2H3/b23-15+,26-25?. The number of aliphatic imine (C=N–C) groups is 1. The lowest BCUT2D eigenvalue weighted by atomic mass is 10.0. The predicted molar refractivity (Wildman–Crippen MR) is 132 cm³/mol. The zero-order chi connectivity index (χ0) is 23.4. The fourth-order valence-electron chi connectivity index (χ4n) is 3.64. The third-order valence-electron chi connectivity index (χ3n) is 5.22. The van der Waals surface area contributed by atoms with Gasteiger partial charge in [0, 0.05) is 30.8 Å². The molecule has 3 aromatic rings. The van der Waals surface area contributed by atoms with Gasteiger partial charge < -0.3 is 4.74 Å². The minimum atomic E-state index is -0.423. The number of likely N-dealkylation sites (N-methyl/N-ethyl adjacent to an activating group) is 1. The van der Waals surface area contributed by atoms with Crippen molar-refractivity contribution in [3.8, 4) is 5.75 Å². The summed E-state index contributed by atoms with van der Waals surface area (Å²) in [5, 5.41) is 13.8. The molecular weight excluding hydrogens is 438 g/mol. The Balaban J connectivity index is 1.73. The van der Waals surface area contributed by atoms with Gasteiger partial charge in [-0.05, 0) is 54.1 Å². The van der Waals surface area contributed by atoms with Crippen molar-refractivity contribution in [3.63, 3.8) is 0 Å². The van der Waals surface area contributed by atoms with Crippen LogP contribution in [-0.4, -0.2) is 34.0 Å². The number of thioether (sulfide) groups is 1. The summed E-state index contributed by atoms with van der Waals surface area (Å²) in [5.74, 6) is 0.525. The summed E-state index contributed by atoms with van der Waals surface area (Å²) in [7, 11) is 0. The van der Waals surface area contributed by atoms with Crippen LogP contribution in [0, 0.1) is 10.1 Å². The second kappa shape index (κ2) is 9.87. The first-order chi connectivity index (χ1) is 16.0. The maximum Gasteiger partial charge on any atom is 0.269 e. The normalized spacial score (nSPS) is 16.2. The number of hydrogen-bond donors (Lipinski definition) is 0. The summed E-state index contributed by atoms with van der Waals surface area (Å²) >= 11 is 1.36. The first-order valence-electron chi connectivity index (χ1n) is 10.7. The van der Waals surface area contributed by atoms with E-state index in [1.54, 1.807) is 17.0 Å². The Labute approximate surface area is 195 Å². The summed E-state index contributed by atoms with van der Waals surface area (Å²) in [5.41, 5.74) is 1.51. The van der Waals surface area contributed by atoms with E-state index in [4.69, 9.17) is 4.74 Å². The molecule has 0 N–H and O–H groups in total. The summed E-state index contributed by atoms with van der Waals surface area (Å²) in [6.07, 6.45) is 1.86. The molecule has 0 saturated carbocycles. The minimum absolute atomic E-state index is 0.0207. The van der Waals surface area contributed by atoms with Crippen LogP contribution in [0.5, 0.6) is 5.75 Å². The zero-order valence-corrected chi connectivity index (χ0v) is 19.2. The number of carbonyl (C=O) groups is 1. The molecule has 1 aliphatic rings. The predicted octanol–water partition coefficient (Wildman–Crippen LogP) is 5.64. The van der Waals surface area contributed by atoms with Crippen molar-refractivity contribution >= 4 is 45.4 Å². The first kappa shape index (κ1) is 22.5. The fraction of sp³-hybridized carbons (Fsp3) is 0.200. The van der Waals surface area contributed by atoms with Gasteiger partial charge in [0.25, 0.3) is 11.6 Å². The lowest BCUT2D eigenvalue weighted by Crippen LogP contribution is -2.28. The van der Waals surface area contributed by atoms with Crippen molar-refractivity contribution < 1.29 is 14.5 Å². The zero-order valence-electron chi connectivity index (χ0n) is 18.4. The van der Waals surface area contributed by atoms with Crippen LogP contribution in [-0.2, 0) is 11.4 Å². The number of benzene rings is 3. The number of nitrogens with zero attached hydrogens (tertiary/aromatic N) is 3. The average Bonchev–Trinajstić information content (AvgIpc) is 3.12. The molecule has 1 aliphatic heterocycles. The van der Waals surface area contributed by atoms with E-state index in [1.807, 2.05) is 56.3 Å². The smallest absolute Gasteiger partial charge is 0.269 e. The lowest BCUT2D eigenvalue weighted by Gasteiger charge is -2.13. The topological polar surface area (TPSA) is 85.0 Å². The Morgan fingerprint density at radius 3 is 2.70 bits per heavy atom. The van der Waals surface area contributed by atoms with Crippen LogP contribution in [0.15, 0.2) is 70.6 Å². The number of non-ortho nitro benzene ring substituents is 1. The van der Waals surface area contributed by atoms with Crippen LogP contribution in [0.2, 0.25) is 0 Å². The molecule has 1 fully saturated rings. The summed E-state index contributed by atoms with van der Waals surface area (Å²) in [4.78, 5) is 30.4. The first-order valence-corrected chi connectivity index (χ1v) is 11.5. The van der Waals surface area contributed by atoms with Crippen molar-refractivity contribution in [1.29, 1.82) is 0 Å². The second-order valence-corrected chi connectivity index (χ2v) is 8.34. The van der Waals surface area contributed by atoms with Gasteiger partial charge in [-0.2, -0.15) is 0 Å². The second-order valence-electron chi connectivity index (χ2n) is 7.33. The molecule has 0 atom stereocenters. The highest BCUT2D eigenvalue weighted by atomic mass is 32.2. The molecule has 7 nitrogen and oxygen atoms in total. The SMILES string of the molecule is CCN=C1S/C(=C/c2c(OCc3cccc([N+](=O)[O-])c3)ccc3ccccc23)C(=O)N1CC. The Bertz CT molecular complexity index is 1290. The van der Waals surface area contributed by atoms with Gasteiger partial charge in [-0.15, -0.1) is 0 Å². The highest BCUT2D eigenvalue weighted by Gasteiger charge is 2.32. The van der Waals surface area contributed by atoms with Crippen molar-refractivity contribution in [1.82, 2.24) is 4.90 Å². The molecule has 0 aromatic heterocycles. The van der Waals surface area contributed by atoms with E-state index < -0.39 is 4.92 Å². The van der Waals surface area contributed by atoms with Gasteiger partial charge in [0.2, 0.25) is 0 Å². The maximum atomic E-state index is 13.0. The quantitative estimate of drug-likeness (QED) is 0.258. The summed E-state index contributed by atoms with van der Waals surface area (Å²) in [6, 6.07) is 18.1. The van der Waals surface area contributed by atoms with Gasteiger partial charge in [-0.25, -0.2) is 0 Å². The van der Waals surface area contributed by atoms with E-state index in [0.717, 1.165) is 16.3 Å². The van der Waals surface area contributed by atoms with Crippen LogP contribution in [0.3, 0.4) is 0 Å². The number of carbonyl (C=O) groups excluding carboxylic acids is 1. The van der Waals surface area contributed by atoms with Crippen molar-refractivity contribution in [3.05, 3.63) is 86.8 Å². The molecule has 168 valence electrons. The van der Waals surface area contributed by atoms with Crippen molar-refractivity contribution in [2.24, 2.45) is 4.99 Å². The average molecular weight is 462 g/mol. The Hall–Kier alpha value is -3.65. The lowest BCUT2D eigenvalue weighted by molar-refractivity contribution is -0.384. The number of fused-ring (bicyclic) bond motifs is 1. The van der Waals surface area contributed by atoms with Gasteiger partial charge >= 0.3 is 0 Å². The van der Waals surface area contributed by atoms with Crippen molar-refractivity contribution in [2.75, 3.05) is 13.1 Å². The summed E-state index contributed by atoms with van der Waals surface area (Å²) in [6.45, 7) is 5.19. The maximum absolute atomic E-state index is 13.0. The van der Waals surface area contributed by atoms with Crippen LogP contribution in [0.1, 0.15) is 25.0 Å². The molecule has 0 bridgehead atoms. The van der Waals surface area contributed by atoms with E-state index in [2.05, 4.69) is 4.99 Å². The monoisotopic (exact) mass is 461 g/mol. The largest absolute Gasteiger partial charge is 0.488 e. The molecule has 0 aliphatic carbocycles. The summed E-state index contributed by atoms with van der Waals surface area (Å²) < 4.78 is 6.11. The Morgan fingerprint density at radius 2 is 1.94 bits per heavy atom. The van der Waals surface area contributed by atoms with E-state index in [1.165, 1.54) is 23.9 Å². The van der Waals surface area contributed by atoms with E-state index in [-0.39, 0.29) is 18.2 Å². The van der Waals surface area contributed by atoms with Gasteiger partial charge in [0.05, 0.1) is 9.83 Å². The Kier molecular flexibility index (Phi) is 6.74. The molecule has 3 aromatic carbocycles. The van der Waals surface area contributed by atoms with Gasteiger partial charge in [-0.1, -0.05) is 42.5 Å². The van der Waals surface area contributed by atoms with Gasteiger partial charge in [-0.3, -0.25) is 24.8 Å². The number of hydrogen-bond acceptors (Lipinski definition) is 6. The van der Waals surface area contributed by atoms with Gasteiger partial charge in [0.1, 0.15) is 12.4 Å². The number of nitro groups is 1. The van der Waals surface area contributed by atoms with Crippen LogP contribution >= 0.6 is 11.8 Å². The fourth-order valence-corrected chi connectivity index (χ4v) is 4.73.